The third-order valence-corrected chi connectivity index (χ3v) is 1.35. The van der Waals surface area contributed by atoms with Crippen molar-refractivity contribution in [1.82, 2.24) is 0 Å². The van der Waals surface area contributed by atoms with E-state index >= 15 is 0 Å². The van der Waals surface area contributed by atoms with Crippen molar-refractivity contribution in [3.8, 4) is 0 Å². The van der Waals surface area contributed by atoms with E-state index in [9.17, 15) is 9.32 Å². The van der Waals surface area contributed by atoms with Crippen molar-refractivity contribution >= 4 is 11.6 Å². The lowest BCUT2D eigenvalue weighted by atomic mass is 10.3. The van der Waals surface area contributed by atoms with Crippen LogP contribution in [0.3, 0.4) is 0 Å². The number of amides is 1. The molecule has 12 heavy (non-hydrogen) atoms. The van der Waals surface area contributed by atoms with Crippen molar-refractivity contribution in [3.63, 3.8) is 0 Å². The fraction of sp³-hybridized carbons (Fsp3) is 0.125. The Balaban J connectivity index is 2.88. The molecule has 1 aromatic rings. The maximum atomic E-state index is 11.8. The fourth-order valence-electron chi connectivity index (χ4n) is 0.834. The van der Waals surface area contributed by atoms with Gasteiger partial charge in [-0.2, -0.15) is 5.06 Å². The van der Waals surface area contributed by atoms with Crippen LogP contribution < -0.4 is 5.06 Å². The summed E-state index contributed by atoms with van der Waals surface area (Å²) < 4.78 is 11.8. The second-order valence-corrected chi connectivity index (χ2v) is 2.22. The number of nitrogens with zero attached hydrogens (tertiary/aromatic N) is 1. The Morgan fingerprint density at radius 3 is 2.42 bits per heavy atom. The highest BCUT2D eigenvalue weighted by atomic mass is 19.3. The second kappa shape index (κ2) is 3.82. The molecule has 0 unspecified atom stereocenters. The first-order valence-electron chi connectivity index (χ1n) is 3.40. The molecule has 0 aliphatic heterocycles. The van der Waals surface area contributed by atoms with Crippen molar-refractivity contribution < 1.29 is 14.4 Å². The molecule has 0 aliphatic carbocycles. The molecule has 64 valence electrons. The molecule has 0 saturated carbocycles. The third-order valence-electron chi connectivity index (χ3n) is 1.35. The molecule has 1 aromatic carbocycles. The third kappa shape index (κ3) is 1.79. The van der Waals surface area contributed by atoms with Gasteiger partial charge in [0.2, 0.25) is 5.91 Å². The van der Waals surface area contributed by atoms with E-state index in [0.717, 1.165) is 0 Å². The lowest BCUT2D eigenvalue weighted by molar-refractivity contribution is -0.164. The molecule has 1 amide bonds. The van der Waals surface area contributed by atoms with Gasteiger partial charge in [0.25, 0.3) is 0 Å². The summed E-state index contributed by atoms with van der Waals surface area (Å²) in [4.78, 5) is 10.7. The van der Waals surface area contributed by atoms with Gasteiger partial charge in [-0.25, -0.2) is 0 Å². The molecule has 0 atom stereocenters. The van der Waals surface area contributed by atoms with Crippen LogP contribution >= 0.6 is 0 Å². The van der Waals surface area contributed by atoms with E-state index in [2.05, 4.69) is 5.04 Å². The van der Waals surface area contributed by atoms with Crippen molar-refractivity contribution in [2.75, 3.05) is 5.06 Å². The minimum absolute atomic E-state index is 0.368. The minimum Gasteiger partial charge on any atom is -0.272 e. The van der Waals surface area contributed by atoms with Crippen LogP contribution in [0.1, 0.15) is 6.92 Å². The van der Waals surface area contributed by atoms with E-state index in [1.54, 1.807) is 30.3 Å². The molecule has 0 spiro atoms. The van der Waals surface area contributed by atoms with Gasteiger partial charge in [-0.05, 0) is 16.7 Å². The number of anilines is 1. The van der Waals surface area contributed by atoms with Gasteiger partial charge in [0.05, 0.1) is 5.69 Å². The van der Waals surface area contributed by atoms with Crippen LogP contribution in [0.5, 0.6) is 0 Å². The van der Waals surface area contributed by atoms with Gasteiger partial charge in [-0.3, -0.25) is 4.79 Å². The summed E-state index contributed by atoms with van der Waals surface area (Å²) in [5.74, 6) is -0.510. The topological polar surface area (TPSA) is 29.5 Å². The average Bonchev–Trinajstić information content (AvgIpc) is 2.07. The first-order chi connectivity index (χ1) is 5.75. The molecule has 0 fully saturated rings. The summed E-state index contributed by atoms with van der Waals surface area (Å²) in [6.07, 6.45) is 0. The van der Waals surface area contributed by atoms with Crippen molar-refractivity contribution in [2.24, 2.45) is 0 Å². The number of hydrogen-bond acceptors (Lipinski definition) is 2. The maximum Gasteiger partial charge on any atom is 0.250 e. The predicted molar refractivity (Wildman–Crippen MR) is 41.8 cm³/mol. The van der Waals surface area contributed by atoms with Gasteiger partial charge >= 0.3 is 0 Å². The van der Waals surface area contributed by atoms with Crippen molar-refractivity contribution in [1.29, 1.82) is 0 Å². The molecule has 0 N–H and O–H groups in total. The van der Waals surface area contributed by atoms with Gasteiger partial charge in [0.15, 0.2) is 0 Å². The van der Waals surface area contributed by atoms with E-state index in [-0.39, 0.29) is 0 Å². The van der Waals surface area contributed by atoms with E-state index in [4.69, 9.17) is 0 Å². The quantitative estimate of drug-likeness (QED) is 0.632. The molecule has 0 saturated heterocycles. The molecule has 0 heterocycles. The van der Waals surface area contributed by atoms with Crippen LogP contribution in [-0.2, 0) is 9.84 Å². The summed E-state index contributed by atoms with van der Waals surface area (Å²) >= 11 is 0. The van der Waals surface area contributed by atoms with Gasteiger partial charge in [-0.15, -0.1) is 0 Å². The molecule has 0 aromatic heterocycles. The highest BCUT2D eigenvalue weighted by Crippen LogP contribution is 2.13. The molecule has 3 nitrogen and oxygen atoms in total. The van der Waals surface area contributed by atoms with Gasteiger partial charge in [-0.1, -0.05) is 23.2 Å². The zero-order chi connectivity index (χ0) is 8.97. The molecular weight excluding hydrogens is 161 g/mol. The largest absolute Gasteiger partial charge is 0.272 e. The van der Waals surface area contributed by atoms with Crippen LogP contribution in [-0.4, -0.2) is 5.91 Å². The van der Waals surface area contributed by atoms with E-state index in [0.29, 0.717) is 10.8 Å². The maximum absolute atomic E-state index is 11.8. The Morgan fingerprint density at radius 1 is 1.42 bits per heavy atom. The molecule has 0 aliphatic rings. The van der Waals surface area contributed by atoms with Crippen LogP contribution in [0.2, 0.25) is 0 Å². The predicted octanol–water partition coefficient (Wildman–Crippen LogP) is 1.86. The van der Waals surface area contributed by atoms with E-state index in [1.807, 2.05) is 0 Å². The monoisotopic (exact) mass is 169 g/mol. The number of hydrogen-bond donors (Lipinski definition) is 0. The summed E-state index contributed by atoms with van der Waals surface area (Å²) in [7, 11) is 0. The Kier molecular flexibility index (Phi) is 2.76. The zero-order valence-electron chi connectivity index (χ0n) is 6.53. The fourth-order valence-corrected chi connectivity index (χ4v) is 0.834. The summed E-state index contributed by atoms with van der Waals surface area (Å²) in [5, 5.41) is 3.95. The Labute approximate surface area is 69.2 Å². The number of rotatable bonds is 2. The number of benzene rings is 1. The molecule has 0 bridgehead atoms. The van der Waals surface area contributed by atoms with E-state index in [1.165, 1.54) is 6.92 Å². The van der Waals surface area contributed by atoms with Gasteiger partial charge < -0.3 is 0 Å². The number of halogens is 1. The highest BCUT2D eigenvalue weighted by Gasteiger charge is 2.11. The van der Waals surface area contributed by atoms with Crippen LogP contribution in [0.15, 0.2) is 30.3 Å². The smallest absolute Gasteiger partial charge is 0.250 e. The van der Waals surface area contributed by atoms with Crippen LogP contribution in [0.25, 0.3) is 0 Å². The molecule has 4 heteroatoms. The molecule has 0 radical (unpaired) electrons. The van der Waals surface area contributed by atoms with Gasteiger partial charge in [0.1, 0.15) is 0 Å². The first-order valence-corrected chi connectivity index (χ1v) is 3.40. The average molecular weight is 169 g/mol. The highest BCUT2D eigenvalue weighted by molar-refractivity contribution is 5.89. The number of para-hydroxylation sites is 1. The van der Waals surface area contributed by atoms with Gasteiger partial charge in [0, 0.05) is 6.92 Å². The number of carbonyl (C=O) groups is 1. The number of carbonyl (C=O) groups excluding carboxylic acids is 1. The summed E-state index contributed by atoms with van der Waals surface area (Å²) in [6, 6.07) is 8.27. The minimum atomic E-state index is -0.510. The SMILES string of the molecule is CC(=O)N(OF)c1ccccc1. The van der Waals surface area contributed by atoms with E-state index < -0.39 is 5.91 Å². The van der Waals surface area contributed by atoms with Crippen LogP contribution in [0.4, 0.5) is 10.2 Å². The summed E-state index contributed by atoms with van der Waals surface area (Å²) in [5.41, 5.74) is 0.368. The normalized spacial score (nSPS) is 9.50. The standard InChI is InChI=1S/C8H8FNO2/c1-7(11)10(12-9)8-5-3-2-4-6-8/h2-6H,1H3. The number of hydroxylamine groups is 1. The van der Waals surface area contributed by atoms with Crippen LogP contribution in [0, 0.1) is 0 Å². The zero-order valence-corrected chi connectivity index (χ0v) is 6.53. The Hall–Kier alpha value is -1.42. The molecule has 1 rings (SSSR count). The summed E-state index contributed by atoms with van der Waals surface area (Å²) in [6.45, 7) is 1.21. The lowest BCUT2D eigenvalue weighted by Crippen LogP contribution is -2.25. The molecular formula is C8H8FNO2. The first kappa shape index (κ1) is 8.67. The lowest BCUT2D eigenvalue weighted by Gasteiger charge is -2.12. The second-order valence-electron chi connectivity index (χ2n) is 2.22. The van der Waals surface area contributed by atoms with Crippen molar-refractivity contribution in [2.45, 2.75) is 6.92 Å². The van der Waals surface area contributed by atoms with Crippen molar-refractivity contribution in [3.05, 3.63) is 30.3 Å². The Morgan fingerprint density at radius 2 is 2.00 bits per heavy atom. The Bertz CT molecular complexity index is 263.